The molecule has 0 saturated carbocycles. The molecule has 3 rings (SSSR count). The van der Waals surface area contributed by atoms with E-state index in [1.165, 1.54) is 0 Å². The van der Waals surface area contributed by atoms with E-state index in [2.05, 4.69) is 80.7 Å². The van der Waals surface area contributed by atoms with Crippen molar-refractivity contribution in [2.24, 2.45) is 0 Å². The molecule has 0 aromatic carbocycles. The SMILES string of the molecule is c1cc[n]([PbH]([n]2cccc2)[n]2cccc2)c1. The summed E-state index contributed by atoms with van der Waals surface area (Å²) >= 11 is -2.34. The molecule has 0 unspecified atom stereocenters. The summed E-state index contributed by atoms with van der Waals surface area (Å²) in [5.41, 5.74) is 0. The zero-order valence-electron chi connectivity index (χ0n) is 8.85. The summed E-state index contributed by atoms with van der Waals surface area (Å²) < 4.78 is 7.17. The Bertz CT molecular complexity index is 441. The van der Waals surface area contributed by atoms with Gasteiger partial charge in [0, 0.05) is 0 Å². The second-order valence-corrected chi connectivity index (χ2v) is 13.4. The molecule has 0 radical (unpaired) electrons. The molecule has 0 saturated heterocycles. The normalized spacial score (nSPS) is 11.1. The van der Waals surface area contributed by atoms with Crippen LogP contribution >= 0.6 is 0 Å². The Morgan fingerprint density at radius 3 is 0.938 bits per heavy atom. The van der Waals surface area contributed by atoms with Gasteiger partial charge in [-0.25, -0.2) is 0 Å². The predicted octanol–water partition coefficient (Wildman–Crippen LogP) is 1.75. The van der Waals surface area contributed by atoms with Gasteiger partial charge >= 0.3 is 104 Å². The van der Waals surface area contributed by atoms with Gasteiger partial charge in [0.25, 0.3) is 0 Å². The Hall–Kier alpha value is -1.24. The van der Waals surface area contributed by atoms with E-state index in [4.69, 9.17) is 0 Å². The molecule has 0 aliphatic carbocycles. The Balaban J connectivity index is 2.09. The van der Waals surface area contributed by atoms with Crippen LogP contribution in [0.5, 0.6) is 0 Å². The second-order valence-electron chi connectivity index (χ2n) is 3.74. The monoisotopic (exact) mass is 407 g/mol. The summed E-state index contributed by atoms with van der Waals surface area (Å²) in [7, 11) is 0. The maximum absolute atomic E-state index is 2.39. The van der Waals surface area contributed by atoms with Crippen LogP contribution < -0.4 is 0 Å². The Labute approximate surface area is 104 Å². The summed E-state index contributed by atoms with van der Waals surface area (Å²) in [6.45, 7) is 0. The molecule has 0 aliphatic heterocycles. The summed E-state index contributed by atoms with van der Waals surface area (Å²) in [5, 5.41) is 0. The van der Waals surface area contributed by atoms with Crippen molar-refractivity contribution in [2.75, 3.05) is 0 Å². The first-order chi connectivity index (χ1) is 7.95. The first-order valence-corrected chi connectivity index (χ1v) is 11.3. The van der Waals surface area contributed by atoms with Gasteiger partial charge in [0.1, 0.15) is 0 Å². The number of aromatic nitrogens is 3. The molecule has 3 aromatic heterocycles. The first-order valence-electron chi connectivity index (χ1n) is 5.32. The van der Waals surface area contributed by atoms with Gasteiger partial charge in [-0.3, -0.25) is 0 Å². The standard InChI is InChI=1S/3C4H4N.Pb.H/c3*1-2-4-5-3-1;;/h3*1-4H;;/q3*-1;+3;. The molecule has 0 atom stereocenters. The number of hydrogen-bond donors (Lipinski definition) is 0. The van der Waals surface area contributed by atoms with Gasteiger partial charge in [-0.1, -0.05) is 0 Å². The van der Waals surface area contributed by atoms with Gasteiger partial charge in [0.2, 0.25) is 0 Å². The van der Waals surface area contributed by atoms with E-state index in [1.54, 1.807) is 0 Å². The van der Waals surface area contributed by atoms with E-state index in [-0.39, 0.29) is 0 Å². The summed E-state index contributed by atoms with van der Waals surface area (Å²) in [4.78, 5) is 0. The van der Waals surface area contributed by atoms with Gasteiger partial charge in [0.05, 0.1) is 0 Å². The summed E-state index contributed by atoms with van der Waals surface area (Å²) in [6.07, 6.45) is 13.0. The third kappa shape index (κ3) is 1.75. The van der Waals surface area contributed by atoms with E-state index in [9.17, 15) is 0 Å². The quantitative estimate of drug-likeness (QED) is 0.589. The first kappa shape index (κ1) is 9.95. The van der Waals surface area contributed by atoms with Crippen molar-refractivity contribution in [3.63, 3.8) is 0 Å². The fourth-order valence-electron chi connectivity index (χ4n) is 1.97. The minimum absolute atomic E-state index is 2.10. The second kappa shape index (κ2) is 4.33. The molecule has 3 aromatic rings. The fraction of sp³-hybridized carbons (Fsp3) is 0. The maximum atomic E-state index is 2.39. The molecule has 0 fully saturated rings. The third-order valence-corrected chi connectivity index (χ3v) is 12.9. The van der Waals surface area contributed by atoms with Crippen LogP contribution in [-0.2, 0) is 0 Å². The van der Waals surface area contributed by atoms with Crippen LogP contribution in [0.25, 0.3) is 0 Å². The van der Waals surface area contributed by atoms with Crippen molar-refractivity contribution in [3.8, 4) is 0 Å². The van der Waals surface area contributed by atoms with E-state index in [0.29, 0.717) is 0 Å². The van der Waals surface area contributed by atoms with Crippen molar-refractivity contribution < 1.29 is 0 Å². The molecular formula is C12H13N3Pb. The van der Waals surface area contributed by atoms with Crippen LogP contribution in [0.1, 0.15) is 0 Å². The number of rotatable bonds is 3. The van der Waals surface area contributed by atoms with Gasteiger partial charge in [-0.15, -0.1) is 0 Å². The molecule has 3 nitrogen and oxygen atoms in total. The molecule has 0 bridgehead atoms. The van der Waals surface area contributed by atoms with E-state index in [0.717, 1.165) is 0 Å². The minimum atomic E-state index is -2.34. The Morgan fingerprint density at radius 1 is 0.438 bits per heavy atom. The molecular weight excluding hydrogens is 393 g/mol. The molecule has 16 heavy (non-hydrogen) atoms. The molecule has 0 spiro atoms. The predicted molar refractivity (Wildman–Crippen MR) is 66.6 cm³/mol. The summed E-state index contributed by atoms with van der Waals surface area (Å²) in [6, 6.07) is 12.6. The van der Waals surface area contributed by atoms with Crippen LogP contribution in [0.15, 0.2) is 73.6 Å². The Kier molecular flexibility index (Phi) is 2.69. The van der Waals surface area contributed by atoms with Crippen molar-refractivity contribution in [1.82, 2.24) is 7.13 Å². The van der Waals surface area contributed by atoms with Crippen LogP contribution in [0.3, 0.4) is 0 Å². The average molecular weight is 406 g/mol. The molecule has 0 amide bonds. The van der Waals surface area contributed by atoms with Crippen LogP contribution in [-0.4, -0.2) is 30.7 Å². The van der Waals surface area contributed by atoms with Crippen LogP contribution in [0, 0.1) is 0 Å². The molecule has 4 heteroatoms. The van der Waals surface area contributed by atoms with Crippen molar-refractivity contribution in [1.29, 1.82) is 0 Å². The van der Waals surface area contributed by atoms with Gasteiger partial charge < -0.3 is 0 Å². The van der Waals surface area contributed by atoms with Crippen LogP contribution in [0.2, 0.25) is 0 Å². The molecule has 80 valence electrons. The zero-order valence-corrected chi connectivity index (χ0v) is 13.3. The van der Waals surface area contributed by atoms with Gasteiger partial charge in [-0.05, 0) is 0 Å². The third-order valence-electron chi connectivity index (χ3n) is 2.68. The topological polar surface area (TPSA) is 14.8 Å². The average Bonchev–Trinajstić information content (AvgIpc) is 3.02. The van der Waals surface area contributed by atoms with E-state index >= 15 is 0 Å². The van der Waals surface area contributed by atoms with Crippen molar-refractivity contribution in [3.05, 3.63) is 73.6 Å². The van der Waals surface area contributed by atoms with Gasteiger partial charge in [-0.2, -0.15) is 0 Å². The summed E-state index contributed by atoms with van der Waals surface area (Å²) in [5.74, 6) is 0. The molecule has 0 N–H and O–H groups in total. The number of nitrogens with zero attached hydrogens (tertiary/aromatic N) is 3. The van der Waals surface area contributed by atoms with E-state index < -0.39 is 23.6 Å². The Morgan fingerprint density at radius 2 is 0.688 bits per heavy atom. The van der Waals surface area contributed by atoms with Crippen molar-refractivity contribution in [2.45, 2.75) is 0 Å². The van der Waals surface area contributed by atoms with E-state index in [1.807, 2.05) is 0 Å². The number of hydrogen-bond acceptors (Lipinski definition) is 0. The van der Waals surface area contributed by atoms with Crippen molar-refractivity contribution >= 4 is 23.6 Å². The zero-order chi connectivity index (χ0) is 10.8. The van der Waals surface area contributed by atoms with Gasteiger partial charge in [0.15, 0.2) is 0 Å². The fourth-order valence-corrected chi connectivity index (χ4v) is 11.5. The van der Waals surface area contributed by atoms with Crippen LogP contribution in [0.4, 0.5) is 0 Å². The molecule has 0 aliphatic rings. The molecule has 3 heterocycles.